The standard InChI is InChI=1S/C16H14N4.C2H6/c1-20-10-11-6-2-3-7-12(11)15-16(18-19-17-15)13-8-4-5-9-14(13)20;1-2/h2-9H,10H2,1H3,(H,17,18,19);1-2H3. The second kappa shape index (κ2) is 6.02. The molecule has 0 saturated heterocycles. The van der Waals surface area contributed by atoms with Crippen molar-refractivity contribution >= 4 is 5.69 Å². The summed E-state index contributed by atoms with van der Waals surface area (Å²) < 4.78 is 0. The average Bonchev–Trinajstić information content (AvgIpc) is 3.05. The lowest BCUT2D eigenvalue weighted by Crippen LogP contribution is -2.19. The van der Waals surface area contributed by atoms with Gasteiger partial charge < -0.3 is 4.90 Å². The fraction of sp³-hybridized carbons (Fsp3) is 0.222. The highest BCUT2D eigenvalue weighted by Gasteiger charge is 2.22. The number of nitrogens with one attached hydrogen (secondary N) is 1. The van der Waals surface area contributed by atoms with E-state index in [-0.39, 0.29) is 0 Å². The number of aromatic nitrogens is 3. The van der Waals surface area contributed by atoms with Crippen LogP contribution in [-0.2, 0) is 6.54 Å². The van der Waals surface area contributed by atoms with Crippen LogP contribution < -0.4 is 4.90 Å². The van der Waals surface area contributed by atoms with Crippen molar-refractivity contribution in [3.05, 3.63) is 54.1 Å². The summed E-state index contributed by atoms with van der Waals surface area (Å²) in [6, 6.07) is 16.7. The third-order valence-corrected chi connectivity index (χ3v) is 3.80. The van der Waals surface area contributed by atoms with Gasteiger partial charge in [-0.2, -0.15) is 15.4 Å². The number of benzene rings is 2. The third-order valence-electron chi connectivity index (χ3n) is 3.80. The highest BCUT2D eigenvalue weighted by Crippen LogP contribution is 2.38. The molecule has 4 rings (SSSR count). The Hall–Kier alpha value is -2.62. The van der Waals surface area contributed by atoms with Crippen molar-refractivity contribution in [1.29, 1.82) is 0 Å². The molecule has 112 valence electrons. The van der Waals surface area contributed by atoms with Gasteiger partial charge in [-0.15, -0.1) is 0 Å². The summed E-state index contributed by atoms with van der Waals surface area (Å²) in [5.41, 5.74) is 6.56. The minimum atomic E-state index is 0.861. The maximum atomic E-state index is 4.37. The Kier molecular flexibility index (Phi) is 3.92. The molecule has 0 radical (unpaired) electrons. The summed E-state index contributed by atoms with van der Waals surface area (Å²) in [5, 5.41) is 11.5. The predicted octanol–water partition coefficient (Wildman–Crippen LogP) is 4.11. The number of H-pyrrole nitrogens is 1. The Morgan fingerprint density at radius 3 is 2.23 bits per heavy atom. The Morgan fingerprint density at radius 2 is 1.45 bits per heavy atom. The van der Waals surface area contributed by atoms with Crippen molar-refractivity contribution in [3.8, 4) is 22.5 Å². The molecule has 0 fully saturated rings. The molecule has 2 aromatic carbocycles. The van der Waals surface area contributed by atoms with Gasteiger partial charge in [-0.3, -0.25) is 0 Å². The van der Waals surface area contributed by atoms with Gasteiger partial charge in [-0.05, 0) is 11.6 Å². The second-order valence-electron chi connectivity index (χ2n) is 5.05. The molecule has 0 saturated carbocycles. The van der Waals surface area contributed by atoms with Crippen LogP contribution in [0.3, 0.4) is 0 Å². The normalized spacial score (nSPS) is 12.0. The molecule has 1 aliphatic heterocycles. The van der Waals surface area contributed by atoms with Crippen LogP contribution in [0.4, 0.5) is 5.69 Å². The molecule has 0 spiro atoms. The first-order valence-electron chi connectivity index (χ1n) is 7.64. The van der Waals surface area contributed by atoms with E-state index in [1.54, 1.807) is 0 Å². The van der Waals surface area contributed by atoms with Crippen LogP contribution in [0.15, 0.2) is 48.5 Å². The van der Waals surface area contributed by atoms with Crippen LogP contribution in [0.2, 0.25) is 0 Å². The molecule has 3 aromatic rings. The lowest BCUT2D eigenvalue weighted by molar-refractivity contribution is 0.922. The smallest absolute Gasteiger partial charge is 0.122 e. The number of hydrogen-bond donors (Lipinski definition) is 1. The number of hydrogen-bond acceptors (Lipinski definition) is 3. The molecule has 1 aromatic heterocycles. The monoisotopic (exact) mass is 292 g/mol. The van der Waals surface area contributed by atoms with Crippen LogP contribution in [0.1, 0.15) is 19.4 Å². The summed E-state index contributed by atoms with van der Waals surface area (Å²) in [7, 11) is 2.11. The van der Waals surface area contributed by atoms with Gasteiger partial charge in [0.2, 0.25) is 0 Å². The van der Waals surface area contributed by atoms with Gasteiger partial charge in [-0.1, -0.05) is 56.3 Å². The van der Waals surface area contributed by atoms with Crippen molar-refractivity contribution < 1.29 is 0 Å². The van der Waals surface area contributed by atoms with E-state index < -0.39 is 0 Å². The van der Waals surface area contributed by atoms with Gasteiger partial charge in [0, 0.05) is 30.4 Å². The molecule has 2 heterocycles. The first-order valence-corrected chi connectivity index (χ1v) is 7.64. The lowest BCUT2D eigenvalue weighted by atomic mass is 9.96. The fourth-order valence-electron chi connectivity index (χ4n) is 2.84. The van der Waals surface area contributed by atoms with Crippen LogP contribution >= 0.6 is 0 Å². The maximum Gasteiger partial charge on any atom is 0.122 e. The Labute approximate surface area is 130 Å². The number of anilines is 1. The zero-order valence-corrected chi connectivity index (χ0v) is 13.2. The number of fused-ring (bicyclic) bond motifs is 5. The number of aromatic amines is 1. The minimum absolute atomic E-state index is 0.861. The van der Waals surface area contributed by atoms with Crippen LogP contribution in [0, 0.1) is 0 Å². The Balaban J connectivity index is 0.000000693. The van der Waals surface area contributed by atoms with E-state index in [4.69, 9.17) is 0 Å². The summed E-state index contributed by atoms with van der Waals surface area (Å²) in [4.78, 5) is 2.26. The average molecular weight is 292 g/mol. The van der Waals surface area contributed by atoms with E-state index in [0.29, 0.717) is 0 Å². The van der Waals surface area contributed by atoms with Crippen LogP contribution in [0.5, 0.6) is 0 Å². The predicted molar refractivity (Wildman–Crippen MR) is 90.7 cm³/mol. The molecule has 0 atom stereocenters. The Bertz CT molecular complexity index is 776. The van der Waals surface area contributed by atoms with E-state index in [1.807, 2.05) is 26.0 Å². The summed E-state index contributed by atoms with van der Waals surface area (Å²) in [6.07, 6.45) is 0. The van der Waals surface area contributed by atoms with E-state index in [2.05, 4.69) is 63.8 Å². The van der Waals surface area contributed by atoms with Gasteiger partial charge in [0.15, 0.2) is 0 Å². The molecule has 0 unspecified atom stereocenters. The van der Waals surface area contributed by atoms with Crippen molar-refractivity contribution in [2.75, 3.05) is 11.9 Å². The van der Waals surface area contributed by atoms with E-state index in [9.17, 15) is 0 Å². The number of nitrogens with zero attached hydrogens (tertiary/aromatic N) is 3. The molecule has 0 bridgehead atoms. The Morgan fingerprint density at radius 1 is 0.864 bits per heavy atom. The number of rotatable bonds is 0. The zero-order valence-electron chi connectivity index (χ0n) is 13.2. The van der Waals surface area contributed by atoms with E-state index in [1.165, 1.54) is 11.3 Å². The largest absolute Gasteiger partial charge is 0.370 e. The van der Waals surface area contributed by atoms with E-state index in [0.717, 1.165) is 29.1 Å². The summed E-state index contributed by atoms with van der Waals surface area (Å²) >= 11 is 0. The quantitative estimate of drug-likeness (QED) is 0.678. The van der Waals surface area contributed by atoms with Crippen LogP contribution in [-0.4, -0.2) is 22.5 Å². The molecular formula is C18H20N4. The summed E-state index contributed by atoms with van der Waals surface area (Å²) in [5.74, 6) is 0. The van der Waals surface area contributed by atoms with Crippen molar-refractivity contribution in [2.24, 2.45) is 0 Å². The molecule has 4 heteroatoms. The first-order chi connectivity index (χ1) is 10.8. The highest BCUT2D eigenvalue weighted by molar-refractivity contribution is 5.87. The van der Waals surface area contributed by atoms with E-state index >= 15 is 0 Å². The molecule has 4 nitrogen and oxygen atoms in total. The molecular weight excluding hydrogens is 272 g/mol. The molecule has 1 aliphatic rings. The number of para-hydroxylation sites is 1. The van der Waals surface area contributed by atoms with Gasteiger partial charge in [0.1, 0.15) is 11.4 Å². The maximum absolute atomic E-state index is 4.37. The zero-order chi connectivity index (χ0) is 15.5. The minimum Gasteiger partial charge on any atom is -0.370 e. The molecule has 0 amide bonds. The molecule has 22 heavy (non-hydrogen) atoms. The van der Waals surface area contributed by atoms with Crippen LogP contribution in [0.25, 0.3) is 22.5 Å². The second-order valence-corrected chi connectivity index (χ2v) is 5.05. The summed E-state index contributed by atoms with van der Waals surface area (Å²) in [6.45, 7) is 4.86. The van der Waals surface area contributed by atoms with Crippen molar-refractivity contribution in [2.45, 2.75) is 20.4 Å². The highest BCUT2D eigenvalue weighted by atomic mass is 15.3. The molecule has 1 N–H and O–H groups in total. The van der Waals surface area contributed by atoms with Crippen molar-refractivity contribution in [1.82, 2.24) is 15.4 Å². The fourth-order valence-corrected chi connectivity index (χ4v) is 2.84. The SMILES string of the molecule is CC.CN1Cc2ccccc2-c2n[nH]nc2-c2ccccc21. The lowest BCUT2D eigenvalue weighted by Gasteiger charge is -2.25. The third kappa shape index (κ3) is 2.26. The van der Waals surface area contributed by atoms with Gasteiger partial charge in [-0.25, -0.2) is 0 Å². The van der Waals surface area contributed by atoms with Crippen molar-refractivity contribution in [3.63, 3.8) is 0 Å². The van der Waals surface area contributed by atoms with Gasteiger partial charge in [0.25, 0.3) is 0 Å². The van der Waals surface area contributed by atoms with Gasteiger partial charge >= 0.3 is 0 Å². The topological polar surface area (TPSA) is 44.8 Å². The van der Waals surface area contributed by atoms with Gasteiger partial charge in [0.05, 0.1) is 0 Å². The first kappa shape index (κ1) is 14.3. The molecule has 0 aliphatic carbocycles.